The van der Waals surface area contributed by atoms with Gasteiger partial charge in [-0.15, -0.1) is 0 Å². The number of hydrogen-bond acceptors (Lipinski definition) is 3. The van der Waals surface area contributed by atoms with E-state index in [0.29, 0.717) is 12.8 Å². The summed E-state index contributed by atoms with van der Waals surface area (Å²) < 4.78 is -0.0811. The fourth-order valence-corrected chi connectivity index (χ4v) is 0.755. The molecule has 0 aromatic heterocycles. The maximum Gasteiger partial charge on any atom is 0.134 e. The van der Waals surface area contributed by atoms with Crippen LogP contribution in [0.25, 0.3) is 0 Å². The van der Waals surface area contributed by atoms with E-state index in [4.69, 9.17) is 0 Å². The van der Waals surface area contributed by atoms with Crippen LogP contribution in [0, 0.1) is 0 Å². The number of thiol groups is 2. The van der Waals surface area contributed by atoms with Crippen molar-refractivity contribution in [2.45, 2.75) is 24.3 Å². The van der Waals surface area contributed by atoms with Crippen LogP contribution in [0.2, 0.25) is 0 Å². The van der Waals surface area contributed by atoms with Crippen molar-refractivity contribution in [3.05, 3.63) is 0 Å². The van der Waals surface area contributed by atoms with Gasteiger partial charge in [-0.3, -0.25) is 4.79 Å². The topological polar surface area (TPSA) is 17.1 Å². The van der Waals surface area contributed by atoms with Gasteiger partial charge in [-0.05, 0) is 0 Å². The summed E-state index contributed by atoms with van der Waals surface area (Å²) in [7, 11) is 0. The molecule has 0 radical (unpaired) electrons. The zero-order valence-electron chi connectivity index (χ0n) is 4.79. The van der Waals surface area contributed by atoms with Gasteiger partial charge in [0.25, 0.3) is 0 Å². The lowest BCUT2D eigenvalue weighted by Gasteiger charge is -1.97. The van der Waals surface area contributed by atoms with Crippen LogP contribution in [-0.2, 0) is 4.79 Å². The molecule has 0 amide bonds. The van der Waals surface area contributed by atoms with E-state index in [-0.39, 0.29) is 10.4 Å². The monoisotopic (exact) mass is 150 g/mol. The van der Waals surface area contributed by atoms with Crippen LogP contribution < -0.4 is 0 Å². The fourth-order valence-electron chi connectivity index (χ4n) is 0.348. The summed E-state index contributed by atoms with van der Waals surface area (Å²) in [4.78, 5) is 10.5. The Balaban J connectivity index is 3.25. The van der Waals surface area contributed by atoms with Gasteiger partial charge in [0.15, 0.2) is 0 Å². The lowest BCUT2D eigenvalue weighted by atomic mass is 10.2. The fraction of sp³-hybridized carbons (Fsp3) is 0.800. The van der Waals surface area contributed by atoms with E-state index >= 15 is 0 Å². The highest BCUT2D eigenvalue weighted by atomic mass is 32.2. The van der Waals surface area contributed by atoms with Gasteiger partial charge in [0.1, 0.15) is 5.78 Å². The Morgan fingerprint density at radius 3 is 2.25 bits per heavy atom. The predicted octanol–water partition coefficient (Wildman–Crippen LogP) is 1.54. The third-order valence-electron chi connectivity index (χ3n) is 0.805. The minimum absolute atomic E-state index is 0.0811. The number of rotatable bonds is 3. The lowest BCUT2D eigenvalue weighted by Crippen LogP contribution is -2.00. The molecule has 0 aromatic carbocycles. The van der Waals surface area contributed by atoms with Crippen LogP contribution in [0.5, 0.6) is 0 Å². The molecular weight excluding hydrogens is 140 g/mol. The van der Waals surface area contributed by atoms with Crippen LogP contribution in [0.1, 0.15) is 19.8 Å². The predicted molar refractivity (Wildman–Crippen MR) is 41.7 cm³/mol. The summed E-state index contributed by atoms with van der Waals surface area (Å²) >= 11 is 7.87. The number of hydrogen-bond donors (Lipinski definition) is 2. The smallest absolute Gasteiger partial charge is 0.134 e. The van der Waals surface area contributed by atoms with Crippen molar-refractivity contribution in [3.8, 4) is 0 Å². The zero-order valence-corrected chi connectivity index (χ0v) is 6.58. The van der Waals surface area contributed by atoms with Gasteiger partial charge in [-0.25, -0.2) is 0 Å². The average molecular weight is 150 g/mol. The summed E-state index contributed by atoms with van der Waals surface area (Å²) in [5, 5.41) is 0. The van der Waals surface area contributed by atoms with Crippen molar-refractivity contribution in [1.29, 1.82) is 0 Å². The number of Topliss-reactive ketones (excluding diaryl/α,β-unsaturated/α-hetero) is 1. The second-order valence-electron chi connectivity index (χ2n) is 1.58. The first-order valence-corrected chi connectivity index (χ1v) is 3.58. The Hall–Kier alpha value is 0.370. The van der Waals surface area contributed by atoms with Crippen LogP contribution in [-0.4, -0.2) is 10.4 Å². The second-order valence-corrected chi connectivity index (χ2v) is 3.23. The van der Waals surface area contributed by atoms with Gasteiger partial charge < -0.3 is 0 Å². The Morgan fingerprint density at radius 1 is 1.62 bits per heavy atom. The maximum atomic E-state index is 10.5. The van der Waals surface area contributed by atoms with E-state index in [9.17, 15) is 4.79 Å². The second kappa shape index (κ2) is 4.27. The van der Waals surface area contributed by atoms with Gasteiger partial charge in [-0.2, -0.15) is 25.3 Å². The summed E-state index contributed by atoms with van der Waals surface area (Å²) in [6.07, 6.45) is 1.07. The number of carbonyl (C=O) groups is 1. The lowest BCUT2D eigenvalue weighted by molar-refractivity contribution is -0.118. The van der Waals surface area contributed by atoms with Crippen molar-refractivity contribution >= 4 is 31.0 Å². The molecule has 0 aliphatic rings. The molecule has 0 spiro atoms. The van der Waals surface area contributed by atoms with Crippen molar-refractivity contribution in [3.63, 3.8) is 0 Å². The molecule has 1 nitrogen and oxygen atoms in total. The third kappa shape index (κ3) is 4.53. The van der Waals surface area contributed by atoms with Gasteiger partial charge in [0.05, 0.1) is 4.58 Å². The largest absolute Gasteiger partial charge is 0.300 e. The molecule has 0 unspecified atom stereocenters. The first-order valence-electron chi connectivity index (χ1n) is 2.54. The van der Waals surface area contributed by atoms with Gasteiger partial charge in [0.2, 0.25) is 0 Å². The zero-order chi connectivity index (χ0) is 6.57. The normalized spacial score (nSPS) is 10.0. The van der Waals surface area contributed by atoms with Gasteiger partial charge in [-0.1, -0.05) is 6.92 Å². The molecule has 0 aromatic rings. The summed E-state index contributed by atoms with van der Waals surface area (Å²) in [5.41, 5.74) is 0. The molecule has 0 aliphatic carbocycles. The minimum Gasteiger partial charge on any atom is -0.300 e. The Morgan fingerprint density at radius 2 is 2.12 bits per heavy atom. The van der Waals surface area contributed by atoms with E-state index in [0.717, 1.165) is 0 Å². The molecule has 8 heavy (non-hydrogen) atoms. The SMILES string of the molecule is CCC(=O)CC(S)S. The molecule has 0 atom stereocenters. The highest BCUT2D eigenvalue weighted by Crippen LogP contribution is 2.06. The first kappa shape index (κ1) is 8.37. The molecule has 0 aliphatic heterocycles. The van der Waals surface area contributed by atoms with E-state index < -0.39 is 0 Å². The molecule has 48 valence electrons. The van der Waals surface area contributed by atoms with Gasteiger partial charge in [0, 0.05) is 12.8 Å². The molecule has 0 bridgehead atoms. The molecule has 0 saturated heterocycles. The maximum absolute atomic E-state index is 10.5. The van der Waals surface area contributed by atoms with Crippen molar-refractivity contribution in [2.24, 2.45) is 0 Å². The molecule has 0 fully saturated rings. The highest BCUT2D eigenvalue weighted by molar-refractivity contribution is 7.99. The third-order valence-corrected chi connectivity index (χ3v) is 1.17. The van der Waals surface area contributed by atoms with E-state index in [2.05, 4.69) is 25.3 Å². The first-order chi connectivity index (χ1) is 3.66. The minimum atomic E-state index is -0.0811. The Labute approximate surface area is 60.7 Å². The molecule has 3 heteroatoms. The van der Waals surface area contributed by atoms with Crippen LogP contribution in [0.3, 0.4) is 0 Å². The summed E-state index contributed by atoms with van der Waals surface area (Å²) in [6.45, 7) is 1.84. The average Bonchev–Trinajstić information content (AvgIpc) is 1.65. The molecule has 0 rings (SSSR count). The number of carbonyl (C=O) groups excluding carboxylic acids is 1. The van der Waals surface area contributed by atoms with Crippen LogP contribution in [0.4, 0.5) is 0 Å². The van der Waals surface area contributed by atoms with E-state index in [1.807, 2.05) is 6.92 Å². The molecule has 0 N–H and O–H groups in total. The van der Waals surface area contributed by atoms with Crippen LogP contribution in [0.15, 0.2) is 0 Å². The molecular formula is C5H10OS2. The van der Waals surface area contributed by atoms with Crippen LogP contribution >= 0.6 is 25.3 Å². The highest BCUT2D eigenvalue weighted by Gasteiger charge is 2.01. The Bertz CT molecular complexity index is 80.5. The van der Waals surface area contributed by atoms with Gasteiger partial charge >= 0.3 is 0 Å². The van der Waals surface area contributed by atoms with E-state index in [1.165, 1.54) is 0 Å². The number of ketones is 1. The molecule has 0 saturated carbocycles. The Kier molecular flexibility index (Phi) is 4.47. The summed E-state index contributed by atoms with van der Waals surface area (Å²) in [5.74, 6) is 0.222. The van der Waals surface area contributed by atoms with Crippen molar-refractivity contribution < 1.29 is 4.79 Å². The quantitative estimate of drug-likeness (QED) is 0.461. The van der Waals surface area contributed by atoms with Crippen molar-refractivity contribution in [2.75, 3.05) is 0 Å². The molecule has 0 heterocycles. The standard InChI is InChI=1S/C5H10OS2/c1-2-4(6)3-5(7)8/h5,7-8H,2-3H2,1H3. The van der Waals surface area contributed by atoms with E-state index in [1.54, 1.807) is 0 Å². The summed E-state index contributed by atoms with van der Waals surface area (Å²) in [6, 6.07) is 0. The van der Waals surface area contributed by atoms with Crippen molar-refractivity contribution in [1.82, 2.24) is 0 Å².